The van der Waals surface area contributed by atoms with Crippen LogP contribution in [0.1, 0.15) is 69.3 Å². The first-order chi connectivity index (χ1) is 23.6. The quantitative estimate of drug-likeness (QED) is 0.202. The van der Waals surface area contributed by atoms with Crippen LogP contribution in [0, 0.1) is 60.8 Å². The van der Waals surface area contributed by atoms with E-state index < -0.39 is 88.2 Å². The zero-order valence-electron chi connectivity index (χ0n) is 29.8. The van der Waals surface area contributed by atoms with Crippen molar-refractivity contribution in [2.75, 3.05) is 13.7 Å². The standard InChI is InChI=1S/C38H47O11P.Ac/c1-20(22-13-9-7-10-14-22)28(49-50)34(42)47-24-18-38(44)32(48-33(41)23-15-11-8-12-16-23)30-36(5,25(39)17-26-37(30,43)19-46-26)31(40)29(45-6)27(21(24)2)35(38,3)4;/h7-16,20,24-26,28-30,32,39,43-44H,17-19,50H2,1-6H3;/t20-,24?,25?,26?,28?,29?,30?,32?,36?,37?,38?;/m0./s1. The van der Waals surface area contributed by atoms with Crippen LogP contribution in [0.25, 0.3) is 0 Å². The van der Waals surface area contributed by atoms with Crippen LogP contribution in [-0.4, -0.2) is 94.6 Å². The van der Waals surface area contributed by atoms with Gasteiger partial charge in [-0.3, -0.25) is 4.79 Å². The SMILES string of the molecule is COC1C(=O)C2(C)C(O)CC3OCC3(O)C2C(OC(=O)c2ccccc2)C2(O)CC(OC(=O)C(OP)[C@@H](C)c3ccccc3)C(C)=C1C2(C)C.[Ac]. The Bertz CT molecular complexity index is 1670. The number of carbonyl (C=O) groups is 3. The van der Waals surface area contributed by atoms with Gasteiger partial charge in [0.15, 0.2) is 11.9 Å². The van der Waals surface area contributed by atoms with Crippen LogP contribution in [0.4, 0.5) is 0 Å². The van der Waals surface area contributed by atoms with Crippen LogP contribution >= 0.6 is 9.47 Å². The van der Waals surface area contributed by atoms with E-state index in [1.807, 2.05) is 37.3 Å². The van der Waals surface area contributed by atoms with Crippen molar-refractivity contribution in [2.45, 2.75) is 101 Å². The predicted octanol–water partition coefficient (Wildman–Crippen LogP) is 3.70. The maximum absolute atomic E-state index is 15.0. The molecule has 2 bridgehead atoms. The molecule has 0 spiro atoms. The second kappa shape index (κ2) is 14.9. The van der Waals surface area contributed by atoms with Gasteiger partial charge >= 0.3 is 11.9 Å². The smallest absolute Gasteiger partial charge is 0.338 e. The van der Waals surface area contributed by atoms with Crippen LogP contribution in [0.2, 0.25) is 0 Å². The molecule has 273 valence electrons. The molecule has 1 radical (unpaired) electrons. The molecule has 0 amide bonds. The first-order valence-corrected chi connectivity index (χ1v) is 17.4. The third-order valence-corrected chi connectivity index (χ3v) is 12.5. The summed E-state index contributed by atoms with van der Waals surface area (Å²) in [7, 11) is 3.49. The van der Waals surface area contributed by atoms with Gasteiger partial charge in [-0.05, 0) is 42.7 Å². The van der Waals surface area contributed by atoms with Gasteiger partial charge in [-0.2, -0.15) is 0 Å². The summed E-state index contributed by atoms with van der Waals surface area (Å²) in [6, 6.07) is 17.5. The number of esters is 2. The summed E-state index contributed by atoms with van der Waals surface area (Å²) in [5.41, 5.74) is -5.13. The molecule has 3 fully saturated rings. The van der Waals surface area contributed by atoms with Crippen LogP contribution in [-0.2, 0) is 33.1 Å². The Labute approximate surface area is 336 Å². The van der Waals surface area contributed by atoms with Gasteiger partial charge in [0.2, 0.25) is 0 Å². The molecule has 11 nitrogen and oxygen atoms in total. The summed E-state index contributed by atoms with van der Waals surface area (Å²) < 4.78 is 29.7. The fourth-order valence-electron chi connectivity index (χ4n) is 9.08. The first kappa shape index (κ1) is 40.6. The topological polar surface area (TPSA) is 158 Å². The summed E-state index contributed by atoms with van der Waals surface area (Å²) in [5.74, 6) is -3.82. The van der Waals surface area contributed by atoms with Crippen molar-refractivity contribution in [1.29, 1.82) is 0 Å². The normalized spacial score (nSPS) is 36.5. The van der Waals surface area contributed by atoms with Crippen molar-refractivity contribution >= 4 is 27.2 Å². The number of fused-ring (bicyclic) bond motifs is 5. The van der Waals surface area contributed by atoms with Crippen molar-refractivity contribution in [3.63, 3.8) is 0 Å². The third kappa shape index (κ3) is 6.33. The molecular weight excluding hydrogens is 890 g/mol. The van der Waals surface area contributed by atoms with Crippen molar-refractivity contribution in [3.8, 4) is 0 Å². The van der Waals surface area contributed by atoms with E-state index in [1.165, 1.54) is 14.0 Å². The van der Waals surface area contributed by atoms with Crippen molar-refractivity contribution in [1.82, 2.24) is 0 Å². The molecule has 4 aliphatic rings. The Morgan fingerprint density at radius 1 is 1.00 bits per heavy atom. The second-order valence-corrected chi connectivity index (χ2v) is 15.3. The summed E-state index contributed by atoms with van der Waals surface area (Å²) in [4.78, 5) is 42.8. The van der Waals surface area contributed by atoms with E-state index in [0.717, 1.165) is 5.56 Å². The van der Waals surface area contributed by atoms with Crippen molar-refractivity contribution in [3.05, 3.63) is 82.9 Å². The minimum atomic E-state index is -2.09. The Kier molecular flexibility index (Phi) is 11.9. The zero-order chi connectivity index (χ0) is 36.4. The number of ketones is 1. The molecule has 1 saturated heterocycles. The Balaban J connectivity index is 0.00000504. The van der Waals surface area contributed by atoms with E-state index >= 15 is 0 Å². The minimum Gasteiger partial charge on any atom is -0.456 e. The van der Waals surface area contributed by atoms with Crippen LogP contribution in [0.5, 0.6) is 0 Å². The first-order valence-electron chi connectivity index (χ1n) is 17.0. The molecule has 3 N–H and O–H groups in total. The second-order valence-electron chi connectivity index (χ2n) is 15.0. The summed E-state index contributed by atoms with van der Waals surface area (Å²) in [6.45, 7) is 8.32. The molecule has 3 aliphatic carbocycles. The number of hydrogen-bond acceptors (Lipinski definition) is 11. The molecule has 13 heteroatoms. The average molecular weight is 938 g/mol. The number of methoxy groups -OCH3 is 1. The summed E-state index contributed by atoms with van der Waals surface area (Å²) >= 11 is 0. The van der Waals surface area contributed by atoms with Gasteiger partial charge in [0, 0.05) is 90.7 Å². The van der Waals surface area contributed by atoms with E-state index in [4.69, 9.17) is 23.5 Å². The van der Waals surface area contributed by atoms with E-state index in [-0.39, 0.29) is 69.1 Å². The Morgan fingerprint density at radius 2 is 1.61 bits per heavy atom. The van der Waals surface area contributed by atoms with Crippen LogP contribution in [0.3, 0.4) is 0 Å². The molecule has 2 aromatic carbocycles. The largest absolute Gasteiger partial charge is 0.456 e. The van der Waals surface area contributed by atoms with E-state index in [1.54, 1.807) is 51.1 Å². The number of Topliss-reactive ketones (excluding diaryl/α,β-unsaturated/α-hetero) is 1. The minimum absolute atomic E-state index is 0. The number of aliphatic hydroxyl groups excluding tert-OH is 1. The fourth-order valence-corrected chi connectivity index (χ4v) is 9.43. The number of benzene rings is 2. The maximum Gasteiger partial charge on any atom is 0.338 e. The molecular formula is C38H47AcO11P. The summed E-state index contributed by atoms with van der Waals surface area (Å²) in [6.07, 6.45) is -7.64. The van der Waals surface area contributed by atoms with Gasteiger partial charge in [-0.25, -0.2) is 9.59 Å². The fraction of sp³-hybridized carbons (Fsp3) is 0.553. The van der Waals surface area contributed by atoms with Gasteiger partial charge in [-0.1, -0.05) is 69.3 Å². The Hall–Kier alpha value is -1.58. The molecule has 1 aliphatic heterocycles. The number of rotatable bonds is 8. The molecule has 1 heterocycles. The summed E-state index contributed by atoms with van der Waals surface area (Å²) in [5, 5.41) is 37.4. The monoisotopic (exact) mass is 937 g/mol. The molecule has 2 aromatic rings. The predicted molar refractivity (Wildman–Crippen MR) is 184 cm³/mol. The molecule has 51 heavy (non-hydrogen) atoms. The third-order valence-electron chi connectivity index (χ3n) is 12.2. The Morgan fingerprint density at radius 3 is 2.16 bits per heavy atom. The maximum atomic E-state index is 15.0. The molecule has 6 rings (SSSR count). The molecule has 11 unspecified atom stereocenters. The number of hydrogen-bond donors (Lipinski definition) is 3. The number of aliphatic hydroxyl groups is 3. The van der Waals surface area contributed by atoms with Crippen LogP contribution in [0.15, 0.2) is 71.8 Å². The van der Waals surface area contributed by atoms with Gasteiger partial charge < -0.3 is 38.8 Å². The van der Waals surface area contributed by atoms with Gasteiger partial charge in [0.1, 0.15) is 29.5 Å². The van der Waals surface area contributed by atoms with E-state index in [9.17, 15) is 29.7 Å². The van der Waals surface area contributed by atoms with Crippen molar-refractivity contribution < 1.29 is 97.2 Å². The number of carbonyl (C=O) groups excluding carboxylic acids is 3. The zero-order valence-corrected chi connectivity index (χ0v) is 35.7. The molecule has 2 saturated carbocycles. The van der Waals surface area contributed by atoms with Gasteiger partial charge in [0.05, 0.1) is 29.8 Å². The van der Waals surface area contributed by atoms with E-state index in [2.05, 4.69) is 9.47 Å². The average Bonchev–Trinajstić information content (AvgIpc) is 3.10. The number of ether oxygens (including phenoxy) is 4. The van der Waals surface area contributed by atoms with Gasteiger partial charge in [-0.15, -0.1) is 0 Å². The van der Waals surface area contributed by atoms with E-state index in [0.29, 0.717) is 11.1 Å². The molecule has 0 aromatic heterocycles. The van der Waals surface area contributed by atoms with Crippen molar-refractivity contribution in [2.24, 2.45) is 16.7 Å². The molecule has 12 atom stereocenters. The van der Waals surface area contributed by atoms with Gasteiger partial charge in [0.25, 0.3) is 0 Å². The van der Waals surface area contributed by atoms with Crippen LogP contribution < -0.4 is 0 Å².